The molecular weight excluding hydrogens is 268 g/mol. The average molecular weight is 288 g/mol. The van der Waals surface area contributed by atoms with E-state index in [1.807, 2.05) is 6.92 Å². The molecule has 0 aliphatic heterocycles. The molecule has 1 aromatic heterocycles. The molecule has 0 saturated carbocycles. The Morgan fingerprint density at radius 3 is 3.00 bits per heavy atom. The first-order chi connectivity index (χ1) is 9.08. The van der Waals surface area contributed by atoms with Gasteiger partial charge in [-0.2, -0.15) is 0 Å². The van der Waals surface area contributed by atoms with Crippen LogP contribution >= 0.6 is 11.3 Å². The van der Waals surface area contributed by atoms with Gasteiger partial charge < -0.3 is 26.2 Å². The van der Waals surface area contributed by atoms with Crippen LogP contribution in [0.3, 0.4) is 0 Å². The number of aliphatic hydroxyl groups excluding tert-OH is 1. The van der Waals surface area contributed by atoms with E-state index >= 15 is 0 Å². The van der Waals surface area contributed by atoms with E-state index in [1.165, 1.54) is 11.3 Å². The number of nitrogens with two attached hydrogens (primary N) is 1. The third-order valence-electron chi connectivity index (χ3n) is 2.36. The number of aromatic nitrogens is 1. The van der Waals surface area contributed by atoms with Crippen LogP contribution in [0.4, 0.5) is 10.9 Å². The van der Waals surface area contributed by atoms with Crippen molar-refractivity contribution in [1.82, 2.24) is 10.3 Å². The maximum Gasteiger partial charge on any atom is 0.265 e. The number of rotatable bonds is 8. The van der Waals surface area contributed by atoms with Crippen LogP contribution in [0.15, 0.2) is 0 Å². The van der Waals surface area contributed by atoms with E-state index in [2.05, 4.69) is 15.6 Å². The van der Waals surface area contributed by atoms with Gasteiger partial charge in [-0.1, -0.05) is 18.3 Å². The highest BCUT2D eigenvalue weighted by molar-refractivity contribution is 7.18. The van der Waals surface area contributed by atoms with Crippen molar-refractivity contribution in [2.24, 2.45) is 5.92 Å². The standard InChI is InChI=1S/C11H20N4O3S/c1-7(6-16)5-14-10(17)8-9(12)15-11(19-8)13-3-4-18-2/h7,16H,3-6,12H2,1-2H3,(H,13,15)(H,14,17). The molecule has 1 heterocycles. The zero-order valence-corrected chi connectivity index (χ0v) is 11.9. The lowest BCUT2D eigenvalue weighted by atomic mass is 10.2. The molecule has 1 atom stereocenters. The number of amides is 1. The molecule has 0 aromatic carbocycles. The van der Waals surface area contributed by atoms with Crippen molar-refractivity contribution < 1.29 is 14.6 Å². The van der Waals surface area contributed by atoms with Gasteiger partial charge in [0.25, 0.3) is 5.91 Å². The lowest BCUT2D eigenvalue weighted by Gasteiger charge is -2.08. The van der Waals surface area contributed by atoms with E-state index in [1.54, 1.807) is 7.11 Å². The van der Waals surface area contributed by atoms with Crippen molar-refractivity contribution in [2.75, 3.05) is 44.5 Å². The molecule has 5 N–H and O–H groups in total. The van der Waals surface area contributed by atoms with Gasteiger partial charge in [0, 0.05) is 26.8 Å². The van der Waals surface area contributed by atoms with Crippen LogP contribution in [0.2, 0.25) is 0 Å². The zero-order chi connectivity index (χ0) is 14.3. The summed E-state index contributed by atoms with van der Waals surface area (Å²) in [6, 6.07) is 0. The molecule has 1 rings (SSSR count). The van der Waals surface area contributed by atoms with Gasteiger partial charge in [-0.05, 0) is 5.92 Å². The van der Waals surface area contributed by atoms with E-state index in [9.17, 15) is 4.79 Å². The third kappa shape index (κ3) is 5.01. The van der Waals surface area contributed by atoms with E-state index < -0.39 is 0 Å². The Morgan fingerprint density at radius 1 is 1.63 bits per heavy atom. The summed E-state index contributed by atoms with van der Waals surface area (Å²) in [7, 11) is 1.61. The van der Waals surface area contributed by atoms with E-state index in [0.29, 0.717) is 29.7 Å². The number of methoxy groups -OCH3 is 1. The Morgan fingerprint density at radius 2 is 2.37 bits per heavy atom. The summed E-state index contributed by atoms with van der Waals surface area (Å²) in [5.74, 6) is -0.0495. The van der Waals surface area contributed by atoms with Gasteiger partial charge in [-0.25, -0.2) is 4.98 Å². The predicted octanol–water partition coefficient (Wildman–Crippen LogP) is 0.142. The fourth-order valence-electron chi connectivity index (χ4n) is 1.24. The molecule has 0 aliphatic rings. The molecule has 1 unspecified atom stereocenters. The normalized spacial score (nSPS) is 12.2. The first-order valence-electron chi connectivity index (χ1n) is 5.96. The summed E-state index contributed by atoms with van der Waals surface area (Å²) in [6.07, 6.45) is 0. The minimum absolute atomic E-state index is 0.0115. The van der Waals surface area contributed by atoms with E-state index in [4.69, 9.17) is 15.6 Å². The number of carbonyl (C=O) groups is 1. The van der Waals surface area contributed by atoms with Crippen LogP contribution in [-0.4, -0.2) is 49.4 Å². The minimum atomic E-state index is -0.268. The Kier molecular flexibility index (Phi) is 6.54. The second kappa shape index (κ2) is 7.93. The molecule has 1 amide bonds. The number of hydrogen-bond acceptors (Lipinski definition) is 7. The van der Waals surface area contributed by atoms with Gasteiger partial charge in [-0.3, -0.25) is 4.79 Å². The third-order valence-corrected chi connectivity index (χ3v) is 3.39. The van der Waals surface area contributed by atoms with Crippen molar-refractivity contribution in [2.45, 2.75) is 6.92 Å². The Hall–Kier alpha value is -1.38. The fraction of sp³-hybridized carbons (Fsp3) is 0.636. The SMILES string of the molecule is COCCNc1nc(N)c(C(=O)NCC(C)CO)s1. The van der Waals surface area contributed by atoms with Gasteiger partial charge >= 0.3 is 0 Å². The van der Waals surface area contributed by atoms with Crippen molar-refractivity contribution in [1.29, 1.82) is 0 Å². The summed E-state index contributed by atoms with van der Waals surface area (Å²) in [4.78, 5) is 16.3. The highest BCUT2D eigenvalue weighted by Crippen LogP contribution is 2.24. The topological polar surface area (TPSA) is 110 Å². The number of ether oxygens (including phenoxy) is 1. The molecule has 0 fully saturated rings. The first kappa shape index (κ1) is 15.7. The minimum Gasteiger partial charge on any atom is -0.396 e. The highest BCUT2D eigenvalue weighted by Gasteiger charge is 2.16. The van der Waals surface area contributed by atoms with E-state index in [-0.39, 0.29) is 24.2 Å². The smallest absolute Gasteiger partial charge is 0.265 e. The maximum absolute atomic E-state index is 11.9. The number of nitrogens with one attached hydrogen (secondary N) is 2. The molecular formula is C11H20N4O3S. The van der Waals surface area contributed by atoms with Crippen LogP contribution < -0.4 is 16.4 Å². The second-order valence-corrected chi connectivity index (χ2v) is 5.15. The molecule has 0 aliphatic carbocycles. The molecule has 8 heteroatoms. The second-order valence-electron chi connectivity index (χ2n) is 4.15. The number of thiazole rings is 1. The van der Waals surface area contributed by atoms with Crippen molar-refractivity contribution in [3.63, 3.8) is 0 Å². The summed E-state index contributed by atoms with van der Waals surface area (Å²) < 4.78 is 4.91. The molecule has 7 nitrogen and oxygen atoms in total. The van der Waals surface area contributed by atoms with Gasteiger partial charge in [-0.15, -0.1) is 0 Å². The van der Waals surface area contributed by atoms with Crippen LogP contribution in [0, 0.1) is 5.92 Å². The van der Waals surface area contributed by atoms with E-state index in [0.717, 1.165) is 0 Å². The van der Waals surface area contributed by atoms with Crippen LogP contribution in [-0.2, 0) is 4.74 Å². The van der Waals surface area contributed by atoms with Gasteiger partial charge in [0.1, 0.15) is 10.7 Å². The summed E-state index contributed by atoms with van der Waals surface area (Å²) in [5.41, 5.74) is 5.70. The quantitative estimate of drug-likeness (QED) is 0.507. The van der Waals surface area contributed by atoms with Crippen molar-refractivity contribution in [3.05, 3.63) is 4.88 Å². The number of hydrogen-bond donors (Lipinski definition) is 4. The molecule has 19 heavy (non-hydrogen) atoms. The zero-order valence-electron chi connectivity index (χ0n) is 11.1. The lowest BCUT2D eigenvalue weighted by Crippen LogP contribution is -2.29. The molecule has 0 saturated heterocycles. The maximum atomic E-state index is 11.9. The summed E-state index contributed by atoms with van der Waals surface area (Å²) in [6.45, 7) is 3.43. The monoisotopic (exact) mass is 288 g/mol. The van der Waals surface area contributed by atoms with Gasteiger partial charge in [0.2, 0.25) is 0 Å². The predicted molar refractivity (Wildman–Crippen MR) is 75.5 cm³/mol. The molecule has 108 valence electrons. The number of aliphatic hydroxyl groups is 1. The highest BCUT2D eigenvalue weighted by atomic mass is 32.1. The number of carbonyl (C=O) groups excluding carboxylic acids is 1. The number of nitrogens with zero attached hydrogens (tertiary/aromatic N) is 1. The molecule has 0 radical (unpaired) electrons. The average Bonchev–Trinajstić information content (AvgIpc) is 2.77. The first-order valence-corrected chi connectivity index (χ1v) is 6.78. The lowest BCUT2D eigenvalue weighted by molar-refractivity contribution is 0.0947. The summed E-state index contributed by atoms with van der Waals surface area (Å²) in [5, 5.41) is 15.2. The van der Waals surface area contributed by atoms with Gasteiger partial charge in [0.15, 0.2) is 5.13 Å². The Balaban J connectivity index is 2.54. The Labute approximate surface area is 116 Å². The van der Waals surface area contributed by atoms with Crippen molar-refractivity contribution >= 4 is 28.2 Å². The Bertz CT molecular complexity index is 411. The summed E-state index contributed by atoms with van der Waals surface area (Å²) >= 11 is 1.20. The molecule has 0 spiro atoms. The van der Waals surface area contributed by atoms with Crippen molar-refractivity contribution in [3.8, 4) is 0 Å². The molecule has 0 bridgehead atoms. The van der Waals surface area contributed by atoms with Crippen LogP contribution in [0.1, 0.15) is 16.6 Å². The molecule has 1 aromatic rings. The number of anilines is 2. The van der Waals surface area contributed by atoms with Crippen LogP contribution in [0.25, 0.3) is 0 Å². The largest absolute Gasteiger partial charge is 0.396 e. The fourth-order valence-corrected chi connectivity index (χ4v) is 2.07. The van der Waals surface area contributed by atoms with Gasteiger partial charge in [0.05, 0.1) is 6.61 Å². The van der Waals surface area contributed by atoms with Crippen LogP contribution in [0.5, 0.6) is 0 Å². The number of nitrogen functional groups attached to an aromatic ring is 1.